The van der Waals surface area contributed by atoms with Crippen LogP contribution in [0.3, 0.4) is 0 Å². The van der Waals surface area contributed by atoms with E-state index in [1.807, 2.05) is 0 Å². The Morgan fingerprint density at radius 2 is 2.05 bits per heavy atom. The zero-order chi connectivity index (χ0) is 14.5. The van der Waals surface area contributed by atoms with E-state index in [2.05, 4.69) is 4.90 Å². The molecule has 0 bridgehead atoms. The Labute approximate surface area is 129 Å². The molecule has 1 heterocycles. The van der Waals surface area contributed by atoms with E-state index in [0.717, 1.165) is 32.5 Å². The number of Topliss-reactive ketones (excluding diaryl/α,β-unsaturated/α-hetero) is 1. The number of piperidine rings is 1. The number of rotatable bonds is 5. The van der Waals surface area contributed by atoms with Crippen molar-refractivity contribution in [2.45, 2.75) is 12.8 Å². The molecular weight excluding hydrogens is 297 g/mol. The van der Waals surface area contributed by atoms with Gasteiger partial charge in [-0.15, -0.1) is 0 Å². The van der Waals surface area contributed by atoms with Gasteiger partial charge >= 0.3 is 0 Å². The van der Waals surface area contributed by atoms with Crippen LogP contribution in [0, 0.1) is 5.92 Å². The molecule has 0 aliphatic carbocycles. The first-order valence-corrected chi connectivity index (χ1v) is 7.55. The second-order valence-electron chi connectivity index (χ2n) is 5.22. The van der Waals surface area contributed by atoms with Crippen molar-refractivity contribution in [3.05, 3.63) is 33.8 Å². The summed E-state index contributed by atoms with van der Waals surface area (Å²) in [6.45, 7) is 3.10. The Balaban J connectivity index is 1.89. The van der Waals surface area contributed by atoms with Crippen LogP contribution >= 0.6 is 23.2 Å². The van der Waals surface area contributed by atoms with E-state index in [1.54, 1.807) is 25.3 Å². The number of hydrogen-bond donors (Lipinski definition) is 0. The molecule has 0 atom stereocenters. The summed E-state index contributed by atoms with van der Waals surface area (Å²) in [6, 6.07) is 5.01. The average Bonchev–Trinajstić information content (AvgIpc) is 2.41. The molecule has 0 N–H and O–H groups in total. The summed E-state index contributed by atoms with van der Waals surface area (Å²) in [4.78, 5) is 14.4. The molecule has 3 nitrogen and oxygen atoms in total. The van der Waals surface area contributed by atoms with Gasteiger partial charge in [-0.2, -0.15) is 0 Å². The molecule has 1 aliphatic rings. The van der Waals surface area contributed by atoms with Crippen LogP contribution in [0.4, 0.5) is 0 Å². The summed E-state index contributed by atoms with van der Waals surface area (Å²) < 4.78 is 5.18. The van der Waals surface area contributed by atoms with Crippen LogP contribution in [0.15, 0.2) is 18.2 Å². The van der Waals surface area contributed by atoms with Crippen LogP contribution in [0.25, 0.3) is 0 Å². The third-order valence-corrected chi connectivity index (χ3v) is 4.26. The van der Waals surface area contributed by atoms with E-state index in [4.69, 9.17) is 27.9 Å². The Morgan fingerprint density at radius 3 is 2.65 bits per heavy atom. The molecule has 1 aromatic rings. The summed E-state index contributed by atoms with van der Waals surface area (Å²) in [5, 5.41) is 0.976. The van der Waals surface area contributed by atoms with Crippen LogP contribution in [-0.4, -0.2) is 44.0 Å². The minimum atomic E-state index is 0.0526. The van der Waals surface area contributed by atoms with Crippen LogP contribution in [0.1, 0.15) is 23.2 Å². The predicted molar refractivity (Wildman–Crippen MR) is 81.8 cm³/mol. The van der Waals surface area contributed by atoms with Crippen molar-refractivity contribution < 1.29 is 9.53 Å². The van der Waals surface area contributed by atoms with Gasteiger partial charge in [0, 0.05) is 24.3 Å². The van der Waals surface area contributed by atoms with Crippen molar-refractivity contribution >= 4 is 29.0 Å². The van der Waals surface area contributed by atoms with Crippen LogP contribution < -0.4 is 0 Å². The molecule has 0 unspecified atom stereocenters. The molecule has 110 valence electrons. The minimum absolute atomic E-state index is 0.0526. The van der Waals surface area contributed by atoms with Gasteiger partial charge in [-0.05, 0) is 50.0 Å². The highest BCUT2D eigenvalue weighted by Gasteiger charge is 2.21. The molecule has 1 saturated heterocycles. The largest absolute Gasteiger partial charge is 0.384 e. The lowest BCUT2D eigenvalue weighted by Crippen LogP contribution is -2.38. The zero-order valence-electron chi connectivity index (χ0n) is 11.6. The molecule has 1 fully saturated rings. The van der Waals surface area contributed by atoms with Crippen molar-refractivity contribution in [3.63, 3.8) is 0 Å². The lowest BCUT2D eigenvalue weighted by atomic mass is 9.97. The van der Waals surface area contributed by atoms with Crippen molar-refractivity contribution in [2.24, 2.45) is 5.92 Å². The first-order chi connectivity index (χ1) is 9.60. The molecule has 1 aliphatic heterocycles. The van der Waals surface area contributed by atoms with E-state index >= 15 is 0 Å². The monoisotopic (exact) mass is 315 g/mol. The van der Waals surface area contributed by atoms with Gasteiger partial charge in [-0.25, -0.2) is 0 Å². The number of methoxy groups -OCH3 is 1. The molecule has 1 aromatic carbocycles. The molecule has 0 spiro atoms. The fourth-order valence-corrected chi connectivity index (χ4v) is 3.06. The second-order valence-corrected chi connectivity index (χ2v) is 6.07. The molecule has 5 heteroatoms. The fourth-order valence-electron chi connectivity index (χ4n) is 2.55. The SMILES string of the molecule is COCC1CCN(CC(=O)c2ccc(Cl)cc2Cl)CC1. The maximum atomic E-state index is 12.3. The van der Waals surface area contributed by atoms with Gasteiger partial charge in [-0.3, -0.25) is 9.69 Å². The van der Waals surface area contributed by atoms with Crippen molar-refractivity contribution in [3.8, 4) is 0 Å². The highest BCUT2D eigenvalue weighted by Crippen LogP contribution is 2.23. The van der Waals surface area contributed by atoms with Crippen molar-refractivity contribution in [1.82, 2.24) is 4.90 Å². The number of carbonyl (C=O) groups is 1. The fraction of sp³-hybridized carbons (Fsp3) is 0.533. The van der Waals surface area contributed by atoms with Gasteiger partial charge < -0.3 is 4.74 Å². The summed E-state index contributed by atoms with van der Waals surface area (Å²) >= 11 is 11.9. The van der Waals surface area contributed by atoms with Crippen molar-refractivity contribution in [1.29, 1.82) is 0 Å². The number of nitrogens with zero attached hydrogens (tertiary/aromatic N) is 1. The number of likely N-dealkylation sites (tertiary alicyclic amines) is 1. The maximum absolute atomic E-state index is 12.3. The van der Waals surface area contributed by atoms with Crippen LogP contribution in [0.2, 0.25) is 10.0 Å². The lowest BCUT2D eigenvalue weighted by molar-refractivity contribution is 0.0810. The third kappa shape index (κ3) is 4.19. The van der Waals surface area contributed by atoms with Gasteiger partial charge in [0.15, 0.2) is 5.78 Å². The van der Waals surface area contributed by atoms with Crippen LogP contribution in [0.5, 0.6) is 0 Å². The van der Waals surface area contributed by atoms with Gasteiger partial charge in [0.2, 0.25) is 0 Å². The maximum Gasteiger partial charge on any atom is 0.178 e. The second kappa shape index (κ2) is 7.41. The minimum Gasteiger partial charge on any atom is -0.384 e. The number of carbonyl (C=O) groups excluding carboxylic acids is 1. The predicted octanol–water partition coefficient (Wildman–Crippen LogP) is 3.53. The zero-order valence-corrected chi connectivity index (χ0v) is 13.1. The first-order valence-electron chi connectivity index (χ1n) is 6.79. The quantitative estimate of drug-likeness (QED) is 0.778. The molecule has 0 radical (unpaired) electrons. The number of ketones is 1. The van der Waals surface area contributed by atoms with Gasteiger partial charge in [-0.1, -0.05) is 23.2 Å². The van der Waals surface area contributed by atoms with Gasteiger partial charge in [0.05, 0.1) is 11.6 Å². The number of hydrogen-bond acceptors (Lipinski definition) is 3. The standard InChI is InChI=1S/C15H19Cl2NO2/c1-20-10-11-4-6-18(7-5-11)9-15(19)13-3-2-12(16)8-14(13)17/h2-3,8,11H,4-7,9-10H2,1H3. The summed E-state index contributed by atoms with van der Waals surface area (Å²) in [5.41, 5.74) is 0.551. The smallest absolute Gasteiger partial charge is 0.178 e. The first kappa shape index (κ1) is 15.8. The molecule has 0 amide bonds. The number of ether oxygens (including phenoxy) is 1. The van der Waals surface area contributed by atoms with E-state index in [-0.39, 0.29) is 5.78 Å². The topological polar surface area (TPSA) is 29.5 Å². The molecule has 0 aromatic heterocycles. The van der Waals surface area contributed by atoms with Crippen molar-refractivity contribution in [2.75, 3.05) is 33.4 Å². The Bertz CT molecular complexity index is 471. The summed E-state index contributed by atoms with van der Waals surface area (Å²) in [7, 11) is 1.73. The molecular formula is C15H19Cl2NO2. The molecule has 2 rings (SSSR count). The van der Waals surface area contributed by atoms with Gasteiger partial charge in [0.1, 0.15) is 0 Å². The lowest BCUT2D eigenvalue weighted by Gasteiger charge is -2.31. The van der Waals surface area contributed by atoms with E-state index in [9.17, 15) is 4.79 Å². The molecule has 20 heavy (non-hydrogen) atoms. The van der Waals surface area contributed by atoms with E-state index in [1.165, 1.54) is 0 Å². The Kier molecular flexibility index (Phi) is 5.85. The average molecular weight is 316 g/mol. The number of benzene rings is 1. The Morgan fingerprint density at radius 1 is 1.35 bits per heavy atom. The summed E-state index contributed by atoms with van der Waals surface area (Å²) in [5.74, 6) is 0.669. The molecule has 0 saturated carbocycles. The Hall–Kier alpha value is -0.610. The van der Waals surface area contributed by atoms with E-state index in [0.29, 0.717) is 28.1 Å². The van der Waals surface area contributed by atoms with E-state index < -0.39 is 0 Å². The number of halogens is 2. The normalized spacial score (nSPS) is 17.4. The third-order valence-electron chi connectivity index (χ3n) is 3.71. The highest BCUT2D eigenvalue weighted by atomic mass is 35.5. The van der Waals surface area contributed by atoms with Gasteiger partial charge in [0.25, 0.3) is 0 Å². The summed E-state index contributed by atoms with van der Waals surface area (Å²) in [6.07, 6.45) is 2.16. The highest BCUT2D eigenvalue weighted by molar-refractivity contribution is 6.36. The van der Waals surface area contributed by atoms with Crippen LogP contribution in [-0.2, 0) is 4.74 Å².